The number of allylic oxidation sites excluding steroid dienone is 3. The number of hydrogen-bond donors (Lipinski definition) is 1. The summed E-state index contributed by atoms with van der Waals surface area (Å²) in [6, 6.07) is 7.69. The normalized spacial score (nSPS) is 17.4. The lowest BCUT2D eigenvalue weighted by Gasteiger charge is -2.20. The van der Waals surface area contributed by atoms with Gasteiger partial charge in [0.1, 0.15) is 10.8 Å². The fourth-order valence-electron chi connectivity index (χ4n) is 3.09. The fourth-order valence-corrected chi connectivity index (χ4v) is 3.37. The molecule has 0 fully saturated rings. The summed E-state index contributed by atoms with van der Waals surface area (Å²) < 4.78 is 45.8. The number of ether oxygens (including phenoxy) is 1. The van der Waals surface area contributed by atoms with Crippen LogP contribution in [0, 0.1) is 5.92 Å². The SMILES string of the molecule is CCn1nc(OC2=CCC(C(F)(F)F)C=C2)c(Cl)c1-c1cccc(C(C)(C)N)c1. The monoisotopic (exact) mass is 425 g/mol. The van der Waals surface area contributed by atoms with Gasteiger partial charge in [0, 0.05) is 17.6 Å². The maximum absolute atomic E-state index is 12.8. The first-order chi connectivity index (χ1) is 13.5. The van der Waals surface area contributed by atoms with Crippen LogP contribution in [-0.2, 0) is 12.1 Å². The van der Waals surface area contributed by atoms with E-state index in [4.69, 9.17) is 22.1 Å². The van der Waals surface area contributed by atoms with E-state index in [1.807, 2.05) is 45.0 Å². The molecule has 3 rings (SSSR count). The van der Waals surface area contributed by atoms with Crippen LogP contribution in [0.5, 0.6) is 5.88 Å². The molecule has 1 atom stereocenters. The Kier molecular flexibility index (Phi) is 5.83. The van der Waals surface area contributed by atoms with Crippen molar-refractivity contribution < 1.29 is 17.9 Å². The van der Waals surface area contributed by atoms with Gasteiger partial charge >= 0.3 is 6.18 Å². The number of halogens is 4. The van der Waals surface area contributed by atoms with E-state index in [9.17, 15) is 13.2 Å². The van der Waals surface area contributed by atoms with Gasteiger partial charge in [-0.1, -0.05) is 35.9 Å². The molecule has 0 bridgehead atoms. The van der Waals surface area contributed by atoms with Crippen LogP contribution >= 0.6 is 11.6 Å². The number of hydrogen-bond acceptors (Lipinski definition) is 3. The van der Waals surface area contributed by atoms with Gasteiger partial charge in [-0.3, -0.25) is 4.68 Å². The Bertz CT molecular complexity index is 955. The summed E-state index contributed by atoms with van der Waals surface area (Å²) in [4.78, 5) is 0. The highest BCUT2D eigenvalue weighted by Crippen LogP contribution is 2.38. The van der Waals surface area contributed by atoms with Crippen molar-refractivity contribution in [1.29, 1.82) is 0 Å². The Morgan fingerprint density at radius 2 is 2.03 bits per heavy atom. The molecule has 1 aliphatic carbocycles. The van der Waals surface area contributed by atoms with Gasteiger partial charge in [0.2, 0.25) is 0 Å². The third-order valence-electron chi connectivity index (χ3n) is 4.75. The Balaban J connectivity index is 1.90. The quantitative estimate of drug-likeness (QED) is 0.656. The maximum atomic E-state index is 12.8. The van der Waals surface area contributed by atoms with E-state index in [1.54, 1.807) is 4.68 Å². The lowest BCUT2D eigenvalue weighted by molar-refractivity contribution is -0.160. The third-order valence-corrected chi connectivity index (χ3v) is 5.09. The summed E-state index contributed by atoms with van der Waals surface area (Å²) in [5, 5.41) is 4.69. The number of nitrogens with two attached hydrogens (primary N) is 1. The molecule has 1 aromatic carbocycles. The molecule has 4 nitrogen and oxygen atoms in total. The lowest BCUT2D eigenvalue weighted by Crippen LogP contribution is -2.28. The minimum absolute atomic E-state index is 0.155. The molecule has 0 spiro atoms. The predicted molar refractivity (Wildman–Crippen MR) is 108 cm³/mol. The summed E-state index contributed by atoms with van der Waals surface area (Å²) in [5.74, 6) is -1.06. The number of benzene rings is 1. The number of alkyl halides is 3. The Morgan fingerprint density at radius 3 is 2.59 bits per heavy atom. The highest BCUT2D eigenvalue weighted by Gasteiger charge is 2.38. The van der Waals surface area contributed by atoms with Crippen molar-refractivity contribution in [2.45, 2.75) is 45.5 Å². The zero-order valence-corrected chi connectivity index (χ0v) is 17.2. The van der Waals surface area contributed by atoms with E-state index in [1.165, 1.54) is 12.2 Å². The second-order valence-electron chi connectivity index (χ2n) is 7.54. The summed E-state index contributed by atoms with van der Waals surface area (Å²) in [7, 11) is 0. The average Bonchev–Trinajstić information content (AvgIpc) is 2.96. The largest absolute Gasteiger partial charge is 0.437 e. The smallest absolute Gasteiger partial charge is 0.395 e. The van der Waals surface area contributed by atoms with Crippen LogP contribution in [0.4, 0.5) is 13.2 Å². The number of aromatic nitrogens is 2. The van der Waals surface area contributed by atoms with Gasteiger partial charge < -0.3 is 10.5 Å². The van der Waals surface area contributed by atoms with E-state index in [2.05, 4.69) is 5.10 Å². The summed E-state index contributed by atoms with van der Waals surface area (Å²) >= 11 is 6.56. The first kappa shape index (κ1) is 21.5. The molecule has 0 aliphatic heterocycles. The molecule has 0 saturated carbocycles. The van der Waals surface area contributed by atoms with E-state index >= 15 is 0 Å². The molecular weight excluding hydrogens is 403 g/mol. The molecule has 0 amide bonds. The van der Waals surface area contributed by atoms with Gasteiger partial charge in [0.15, 0.2) is 0 Å². The fraction of sp³-hybridized carbons (Fsp3) is 0.381. The average molecular weight is 426 g/mol. The third kappa shape index (κ3) is 4.67. The standard InChI is InChI=1S/C21H23ClF3N3O/c1-4-28-18(13-6-5-7-15(12-13)20(2,3)26)17(22)19(27-28)29-16-10-8-14(9-11-16)21(23,24)25/h5-8,10-12,14H,4,9,26H2,1-3H3. The number of nitrogens with zero attached hydrogens (tertiary/aromatic N) is 2. The van der Waals surface area contributed by atoms with Crippen LogP contribution < -0.4 is 10.5 Å². The van der Waals surface area contributed by atoms with Crippen molar-refractivity contribution in [1.82, 2.24) is 9.78 Å². The van der Waals surface area contributed by atoms with Crippen LogP contribution in [0.25, 0.3) is 11.3 Å². The molecule has 0 radical (unpaired) electrons. The van der Waals surface area contributed by atoms with Crippen LogP contribution in [0.15, 0.2) is 48.3 Å². The van der Waals surface area contributed by atoms with Crippen molar-refractivity contribution in [3.05, 3.63) is 58.8 Å². The molecule has 2 aromatic rings. The molecule has 2 N–H and O–H groups in total. The molecule has 8 heteroatoms. The zero-order valence-electron chi connectivity index (χ0n) is 16.4. The molecular formula is C21H23ClF3N3O. The highest BCUT2D eigenvalue weighted by molar-refractivity contribution is 6.34. The van der Waals surface area contributed by atoms with Crippen molar-refractivity contribution in [2.75, 3.05) is 0 Å². The highest BCUT2D eigenvalue weighted by atomic mass is 35.5. The van der Waals surface area contributed by atoms with E-state index in [0.717, 1.165) is 17.2 Å². The van der Waals surface area contributed by atoms with Gasteiger partial charge in [0.25, 0.3) is 5.88 Å². The van der Waals surface area contributed by atoms with Crippen molar-refractivity contribution in [2.24, 2.45) is 11.7 Å². The number of rotatable bonds is 5. The first-order valence-electron chi connectivity index (χ1n) is 9.29. The molecule has 29 heavy (non-hydrogen) atoms. The maximum Gasteiger partial charge on any atom is 0.395 e. The Labute approximate surface area is 172 Å². The lowest BCUT2D eigenvalue weighted by atomic mass is 9.93. The van der Waals surface area contributed by atoms with E-state index in [-0.39, 0.29) is 18.1 Å². The van der Waals surface area contributed by atoms with Gasteiger partial charge in [0.05, 0.1) is 11.6 Å². The molecule has 1 aromatic heterocycles. The van der Waals surface area contributed by atoms with Crippen LogP contribution in [0.1, 0.15) is 32.8 Å². The van der Waals surface area contributed by atoms with Crippen molar-refractivity contribution in [3.8, 4) is 17.1 Å². The predicted octanol–water partition coefficient (Wildman–Crippen LogP) is 5.82. The van der Waals surface area contributed by atoms with Gasteiger partial charge in [-0.2, -0.15) is 13.2 Å². The molecule has 1 unspecified atom stereocenters. The first-order valence-corrected chi connectivity index (χ1v) is 9.67. The van der Waals surface area contributed by atoms with E-state index < -0.39 is 17.6 Å². The molecule has 1 aliphatic rings. The number of aryl methyl sites for hydroxylation is 1. The van der Waals surface area contributed by atoms with E-state index in [0.29, 0.717) is 17.3 Å². The summed E-state index contributed by atoms with van der Waals surface area (Å²) in [6.07, 6.45) is -0.651. The zero-order chi connectivity index (χ0) is 21.4. The minimum atomic E-state index is -4.27. The molecule has 156 valence electrons. The van der Waals surface area contributed by atoms with Crippen LogP contribution in [0.3, 0.4) is 0 Å². The Morgan fingerprint density at radius 1 is 1.31 bits per heavy atom. The van der Waals surface area contributed by atoms with Crippen LogP contribution in [-0.4, -0.2) is 16.0 Å². The molecule has 1 heterocycles. The second kappa shape index (κ2) is 7.88. The van der Waals surface area contributed by atoms with Gasteiger partial charge in [-0.05, 0) is 51.0 Å². The molecule has 0 saturated heterocycles. The minimum Gasteiger partial charge on any atom is -0.437 e. The van der Waals surface area contributed by atoms with Crippen molar-refractivity contribution in [3.63, 3.8) is 0 Å². The van der Waals surface area contributed by atoms with Crippen molar-refractivity contribution >= 4 is 11.6 Å². The van der Waals surface area contributed by atoms with Crippen LogP contribution in [0.2, 0.25) is 5.02 Å². The summed E-state index contributed by atoms with van der Waals surface area (Å²) in [5.41, 5.74) is 8.13. The second-order valence-corrected chi connectivity index (χ2v) is 7.92. The topological polar surface area (TPSA) is 53.1 Å². The van der Waals surface area contributed by atoms with Gasteiger partial charge in [-0.15, -0.1) is 5.10 Å². The van der Waals surface area contributed by atoms with Gasteiger partial charge in [-0.25, -0.2) is 0 Å². The Hall–Kier alpha value is -2.25. The summed E-state index contributed by atoms with van der Waals surface area (Å²) in [6.45, 7) is 6.28.